The summed E-state index contributed by atoms with van der Waals surface area (Å²) in [5.41, 5.74) is 1.07. The highest BCUT2D eigenvalue weighted by molar-refractivity contribution is 5.89. The van der Waals surface area contributed by atoms with Gasteiger partial charge < -0.3 is 10.1 Å². The normalized spacial score (nSPS) is 12.3. The van der Waals surface area contributed by atoms with Gasteiger partial charge in [0.15, 0.2) is 0 Å². The number of nitrogens with one attached hydrogen (secondary N) is 1. The molecule has 0 radical (unpaired) electrons. The van der Waals surface area contributed by atoms with Crippen molar-refractivity contribution >= 4 is 18.1 Å². The number of hydrogen-bond donors (Lipinski definition) is 2. The Labute approximate surface area is 90.1 Å². The Morgan fingerprint density at radius 2 is 1.80 bits per heavy atom. The van der Waals surface area contributed by atoms with Gasteiger partial charge in [0.25, 0.3) is 0 Å². The van der Waals surface area contributed by atoms with E-state index >= 15 is 0 Å². The second-order valence-corrected chi connectivity index (χ2v) is 2.83. The van der Waals surface area contributed by atoms with Crippen molar-refractivity contribution in [3.63, 3.8) is 0 Å². The zero-order chi connectivity index (χ0) is 12.0. The van der Waals surface area contributed by atoms with Gasteiger partial charge in [-0.2, -0.15) is 0 Å². The molecule has 0 aliphatic heterocycles. The van der Waals surface area contributed by atoms with E-state index in [4.69, 9.17) is 5.11 Å². The smallest absolute Gasteiger partial charge is 0.338 e. The Balaban J connectivity index is 0.000000921. The van der Waals surface area contributed by atoms with E-state index in [1.165, 1.54) is 0 Å². The monoisotopic (exact) mass is 209 g/mol. The van der Waals surface area contributed by atoms with Crippen LogP contribution in [0, 0.1) is 6.92 Å². The Morgan fingerprint density at radius 1 is 1.27 bits per heavy atom. The van der Waals surface area contributed by atoms with Crippen LogP contribution >= 0.6 is 0 Å². The van der Waals surface area contributed by atoms with E-state index in [1.54, 1.807) is 6.92 Å². The summed E-state index contributed by atoms with van der Waals surface area (Å²) in [6, 6.07) is 0. The van der Waals surface area contributed by atoms with Gasteiger partial charge in [0, 0.05) is 16.3 Å². The first-order chi connectivity index (χ1) is 7.11. The molecule has 84 valence electrons. The first-order valence-corrected chi connectivity index (χ1v) is 5.16. The van der Waals surface area contributed by atoms with E-state index in [2.05, 4.69) is 4.98 Å². The lowest BCUT2D eigenvalue weighted by molar-refractivity contribution is 0.0695. The summed E-state index contributed by atoms with van der Waals surface area (Å²) in [5.74, 6) is -0.880. The van der Waals surface area contributed by atoms with E-state index in [1.807, 2.05) is 39.8 Å². The molecule has 0 saturated heterocycles. The molecular formula is C12H19NO2. The number of aromatic nitrogens is 1. The van der Waals surface area contributed by atoms with Gasteiger partial charge in [-0.3, -0.25) is 0 Å². The van der Waals surface area contributed by atoms with E-state index in [0.29, 0.717) is 11.3 Å². The SMILES string of the molecule is C/C=c1/c(C(=O)O)c(C)[nH]/c1=C/C.CC. The molecule has 0 aromatic carbocycles. The molecule has 3 heteroatoms. The lowest BCUT2D eigenvalue weighted by atomic mass is 10.2. The number of hydrogen-bond acceptors (Lipinski definition) is 1. The van der Waals surface area contributed by atoms with Crippen molar-refractivity contribution in [1.82, 2.24) is 4.98 Å². The molecule has 1 rings (SSSR count). The predicted molar refractivity (Wildman–Crippen MR) is 63.4 cm³/mol. The number of H-pyrrole nitrogens is 1. The molecule has 0 fully saturated rings. The summed E-state index contributed by atoms with van der Waals surface area (Å²) < 4.78 is 0. The van der Waals surface area contributed by atoms with Crippen LogP contribution in [0.5, 0.6) is 0 Å². The minimum absolute atomic E-state index is 0.371. The first kappa shape index (κ1) is 13.5. The maximum atomic E-state index is 10.9. The molecule has 1 heterocycles. The number of carboxylic acids is 1. The number of aromatic amines is 1. The van der Waals surface area contributed by atoms with Gasteiger partial charge in [0.05, 0.1) is 5.56 Å². The third-order valence-corrected chi connectivity index (χ3v) is 2.05. The number of aromatic carboxylic acids is 1. The highest BCUT2D eigenvalue weighted by Gasteiger charge is 2.10. The van der Waals surface area contributed by atoms with Crippen molar-refractivity contribution in [2.75, 3.05) is 0 Å². The van der Waals surface area contributed by atoms with E-state index in [-0.39, 0.29) is 0 Å². The average molecular weight is 209 g/mol. The molecule has 0 unspecified atom stereocenters. The number of carboxylic acid groups (broad SMARTS) is 1. The van der Waals surface area contributed by atoms with Crippen molar-refractivity contribution in [3.8, 4) is 0 Å². The molecule has 1 aromatic rings. The van der Waals surface area contributed by atoms with E-state index < -0.39 is 5.97 Å². The van der Waals surface area contributed by atoms with Crippen LogP contribution in [-0.2, 0) is 0 Å². The number of aryl methyl sites for hydroxylation is 1. The fourth-order valence-electron chi connectivity index (χ4n) is 1.47. The van der Waals surface area contributed by atoms with Crippen molar-refractivity contribution < 1.29 is 9.90 Å². The topological polar surface area (TPSA) is 53.1 Å². The van der Waals surface area contributed by atoms with Crippen molar-refractivity contribution in [2.45, 2.75) is 34.6 Å². The van der Waals surface area contributed by atoms with Gasteiger partial charge >= 0.3 is 5.97 Å². The first-order valence-electron chi connectivity index (χ1n) is 5.16. The molecule has 0 atom stereocenters. The van der Waals surface area contributed by atoms with Crippen molar-refractivity contribution in [2.24, 2.45) is 0 Å². The van der Waals surface area contributed by atoms with Crippen LogP contribution in [0.3, 0.4) is 0 Å². The Hall–Kier alpha value is -1.51. The molecule has 0 saturated carbocycles. The maximum Gasteiger partial charge on any atom is 0.338 e. The molecule has 15 heavy (non-hydrogen) atoms. The summed E-state index contributed by atoms with van der Waals surface area (Å²) in [5, 5.41) is 10.6. The number of rotatable bonds is 1. The lowest BCUT2D eigenvalue weighted by Gasteiger charge is -1.89. The lowest BCUT2D eigenvalue weighted by Crippen LogP contribution is -2.26. The summed E-state index contributed by atoms with van der Waals surface area (Å²) in [7, 11) is 0. The second-order valence-electron chi connectivity index (χ2n) is 2.83. The molecule has 0 spiro atoms. The van der Waals surface area contributed by atoms with E-state index in [0.717, 1.165) is 10.6 Å². The van der Waals surface area contributed by atoms with Gasteiger partial charge in [-0.1, -0.05) is 26.0 Å². The predicted octanol–water partition coefficient (Wildman–Crippen LogP) is 1.65. The third-order valence-electron chi connectivity index (χ3n) is 2.05. The highest BCUT2D eigenvalue weighted by Crippen LogP contribution is 1.95. The Morgan fingerprint density at radius 3 is 2.13 bits per heavy atom. The van der Waals surface area contributed by atoms with Crippen LogP contribution in [-0.4, -0.2) is 16.1 Å². The van der Waals surface area contributed by atoms with Crippen LogP contribution in [0.4, 0.5) is 0 Å². The summed E-state index contributed by atoms with van der Waals surface area (Å²) in [4.78, 5) is 13.9. The minimum Gasteiger partial charge on any atom is -0.478 e. The Kier molecular flexibility index (Phi) is 5.45. The van der Waals surface area contributed by atoms with Crippen LogP contribution in [0.15, 0.2) is 0 Å². The van der Waals surface area contributed by atoms with Crippen LogP contribution in [0.2, 0.25) is 0 Å². The van der Waals surface area contributed by atoms with Crippen LogP contribution in [0.25, 0.3) is 12.2 Å². The summed E-state index contributed by atoms with van der Waals surface area (Å²) in [6.45, 7) is 9.48. The summed E-state index contributed by atoms with van der Waals surface area (Å²) >= 11 is 0. The van der Waals surface area contributed by atoms with Gasteiger partial charge in [0.1, 0.15) is 0 Å². The average Bonchev–Trinajstić information content (AvgIpc) is 2.57. The van der Waals surface area contributed by atoms with Crippen LogP contribution in [0.1, 0.15) is 43.7 Å². The molecular weight excluding hydrogens is 190 g/mol. The maximum absolute atomic E-state index is 10.9. The van der Waals surface area contributed by atoms with Crippen LogP contribution < -0.4 is 10.6 Å². The van der Waals surface area contributed by atoms with Crippen molar-refractivity contribution in [1.29, 1.82) is 0 Å². The molecule has 0 aliphatic carbocycles. The number of carbonyl (C=O) groups is 1. The van der Waals surface area contributed by atoms with Gasteiger partial charge in [-0.15, -0.1) is 0 Å². The van der Waals surface area contributed by atoms with Crippen molar-refractivity contribution in [3.05, 3.63) is 21.8 Å². The fraction of sp³-hybridized carbons (Fsp3) is 0.417. The standard InChI is InChI=1S/C10H13NO2.C2H6/c1-4-7-8(5-2)11-6(3)9(7)10(12)13;1-2/h4-5,11H,1-3H3,(H,12,13);1-2H3/b7-4+,8-5+;. The molecule has 2 N–H and O–H groups in total. The zero-order valence-electron chi connectivity index (χ0n) is 10.0. The molecule has 0 amide bonds. The zero-order valence-corrected chi connectivity index (χ0v) is 10.0. The highest BCUT2D eigenvalue weighted by atomic mass is 16.4. The minimum atomic E-state index is -0.880. The molecule has 0 aliphatic rings. The van der Waals surface area contributed by atoms with Gasteiger partial charge in [-0.25, -0.2) is 4.79 Å². The second kappa shape index (κ2) is 6.06. The molecule has 1 aromatic heterocycles. The van der Waals surface area contributed by atoms with E-state index in [9.17, 15) is 4.79 Å². The molecule has 3 nitrogen and oxygen atoms in total. The fourth-order valence-corrected chi connectivity index (χ4v) is 1.47. The largest absolute Gasteiger partial charge is 0.478 e. The Bertz CT molecular complexity index is 441. The quantitative estimate of drug-likeness (QED) is 0.739. The van der Waals surface area contributed by atoms with Gasteiger partial charge in [0.2, 0.25) is 0 Å². The summed E-state index contributed by atoms with van der Waals surface area (Å²) in [6.07, 6.45) is 3.68. The van der Waals surface area contributed by atoms with Gasteiger partial charge in [-0.05, 0) is 20.8 Å². The third kappa shape index (κ3) is 2.72. The molecule has 0 bridgehead atoms.